The lowest BCUT2D eigenvalue weighted by Crippen LogP contribution is -2.06. The van der Waals surface area contributed by atoms with Crippen LogP contribution in [0.2, 0.25) is 0 Å². The molecule has 0 saturated carbocycles. The highest BCUT2D eigenvalue weighted by Gasteiger charge is 2.31. The molecule has 2 aromatic rings. The second-order valence-corrected chi connectivity index (χ2v) is 4.21. The molecule has 0 radical (unpaired) electrons. The van der Waals surface area contributed by atoms with E-state index in [0.717, 1.165) is 24.3 Å². The molecule has 0 bridgehead atoms. The number of nitrogens with one attached hydrogen (secondary N) is 1. The van der Waals surface area contributed by atoms with Crippen LogP contribution in [0.3, 0.4) is 0 Å². The summed E-state index contributed by atoms with van der Waals surface area (Å²) in [5.41, 5.74) is -1.55. The van der Waals surface area contributed by atoms with Crippen LogP contribution in [0.25, 0.3) is 11.3 Å². The third-order valence-electron chi connectivity index (χ3n) is 2.39. The first-order valence-electron chi connectivity index (χ1n) is 5.04. The van der Waals surface area contributed by atoms with Crippen LogP contribution in [0, 0.1) is 16.3 Å². The number of pyridine rings is 1. The lowest BCUT2D eigenvalue weighted by molar-refractivity contribution is -0.137. The summed E-state index contributed by atoms with van der Waals surface area (Å²) in [6.07, 6.45) is -4.61. The van der Waals surface area contributed by atoms with Gasteiger partial charge >= 0.3 is 6.18 Å². The van der Waals surface area contributed by atoms with Gasteiger partial charge in [0.1, 0.15) is 16.3 Å². The third-order valence-corrected chi connectivity index (χ3v) is 2.61. The minimum Gasteiger partial charge on any atom is -0.346 e. The Hall–Kier alpha value is -1.76. The van der Waals surface area contributed by atoms with Crippen molar-refractivity contribution in [1.82, 2.24) is 4.98 Å². The summed E-state index contributed by atoms with van der Waals surface area (Å²) in [7, 11) is 0. The summed E-state index contributed by atoms with van der Waals surface area (Å²) in [5, 5.41) is 0. The van der Waals surface area contributed by atoms with Crippen LogP contribution in [0.4, 0.5) is 22.0 Å². The fraction of sp³-hybridized carbons (Fsp3) is 0.0833. The number of alkyl halides is 3. The molecule has 2 rings (SSSR count). The molecule has 0 aliphatic rings. The minimum absolute atomic E-state index is 0.214. The van der Waals surface area contributed by atoms with Gasteiger partial charge in [0, 0.05) is 5.56 Å². The van der Waals surface area contributed by atoms with Crippen molar-refractivity contribution in [3.05, 3.63) is 52.2 Å². The smallest absolute Gasteiger partial charge is 0.346 e. The van der Waals surface area contributed by atoms with E-state index in [9.17, 15) is 22.0 Å². The number of benzene rings is 1. The topological polar surface area (TPSA) is 15.8 Å². The predicted molar refractivity (Wildman–Crippen MR) is 62.0 cm³/mol. The van der Waals surface area contributed by atoms with Gasteiger partial charge in [0.05, 0.1) is 11.3 Å². The van der Waals surface area contributed by atoms with Crippen molar-refractivity contribution in [2.75, 3.05) is 0 Å². The second kappa shape index (κ2) is 4.73. The molecule has 0 aliphatic carbocycles. The molecule has 7 heteroatoms. The number of aromatic nitrogens is 1. The Kier molecular flexibility index (Phi) is 3.40. The average molecular weight is 291 g/mol. The normalized spacial score (nSPS) is 11.6. The Morgan fingerprint density at radius 1 is 1.00 bits per heavy atom. The van der Waals surface area contributed by atoms with E-state index in [1.165, 1.54) is 0 Å². The maximum atomic E-state index is 13.5. The summed E-state index contributed by atoms with van der Waals surface area (Å²) >= 11 is 4.66. The molecule has 0 aliphatic heterocycles. The van der Waals surface area contributed by atoms with Crippen LogP contribution >= 0.6 is 12.2 Å². The quantitative estimate of drug-likeness (QED) is 0.594. The van der Waals surface area contributed by atoms with E-state index in [1.807, 2.05) is 0 Å². The van der Waals surface area contributed by atoms with Crippen LogP contribution in [-0.2, 0) is 6.18 Å². The van der Waals surface area contributed by atoms with E-state index >= 15 is 0 Å². The minimum atomic E-state index is -4.61. The molecule has 1 heterocycles. The monoisotopic (exact) mass is 291 g/mol. The summed E-state index contributed by atoms with van der Waals surface area (Å²) in [5.74, 6) is -1.60. The van der Waals surface area contributed by atoms with E-state index in [0.29, 0.717) is 6.07 Å². The van der Waals surface area contributed by atoms with E-state index in [1.54, 1.807) is 0 Å². The summed E-state index contributed by atoms with van der Waals surface area (Å²) in [4.78, 5) is 2.41. The molecule has 0 fully saturated rings. The van der Waals surface area contributed by atoms with Crippen LogP contribution in [0.15, 0.2) is 30.3 Å². The molecule has 1 N–H and O–H groups in total. The number of hydrogen-bond acceptors (Lipinski definition) is 1. The van der Waals surface area contributed by atoms with E-state index in [4.69, 9.17) is 0 Å². The Bertz CT molecular complexity index is 675. The lowest BCUT2D eigenvalue weighted by atomic mass is 10.1. The lowest BCUT2D eigenvalue weighted by Gasteiger charge is -2.10. The highest BCUT2D eigenvalue weighted by Crippen LogP contribution is 2.32. The Labute approximate surface area is 109 Å². The van der Waals surface area contributed by atoms with Gasteiger partial charge in [0.15, 0.2) is 0 Å². The Morgan fingerprint density at radius 2 is 1.68 bits per heavy atom. The van der Waals surface area contributed by atoms with Crippen molar-refractivity contribution in [3.8, 4) is 11.3 Å². The van der Waals surface area contributed by atoms with E-state index in [-0.39, 0.29) is 15.9 Å². The molecular formula is C12H6F5NS. The number of hydrogen-bond donors (Lipinski definition) is 1. The average Bonchev–Trinajstić information content (AvgIpc) is 2.30. The van der Waals surface area contributed by atoms with Gasteiger partial charge < -0.3 is 4.98 Å². The van der Waals surface area contributed by atoms with Gasteiger partial charge in [0.25, 0.3) is 0 Å². The van der Waals surface area contributed by atoms with Gasteiger partial charge in [-0.2, -0.15) is 13.2 Å². The van der Waals surface area contributed by atoms with Gasteiger partial charge in [-0.1, -0.05) is 12.2 Å². The summed E-state index contributed by atoms with van der Waals surface area (Å²) in [6.45, 7) is 0. The highest BCUT2D eigenvalue weighted by atomic mass is 32.1. The molecule has 0 atom stereocenters. The molecule has 1 nitrogen and oxygen atoms in total. The SMILES string of the molecule is Fc1ccc(F)c(-c2cc(C(F)(F)F)cc(=S)[nH]2)c1. The number of rotatable bonds is 1. The molecule has 1 aromatic carbocycles. The largest absolute Gasteiger partial charge is 0.416 e. The number of aromatic amines is 1. The van der Waals surface area contributed by atoms with Crippen LogP contribution < -0.4 is 0 Å². The van der Waals surface area contributed by atoms with Gasteiger partial charge in [0.2, 0.25) is 0 Å². The molecule has 0 amide bonds. The standard InChI is InChI=1S/C12H6F5NS/c13-7-1-2-9(14)8(5-7)10-3-6(12(15,16)17)4-11(19)18-10/h1-5H,(H,18,19). The molecule has 0 spiro atoms. The zero-order chi connectivity index (χ0) is 14.2. The maximum absolute atomic E-state index is 13.5. The highest BCUT2D eigenvalue weighted by molar-refractivity contribution is 7.71. The van der Waals surface area contributed by atoms with Gasteiger partial charge in [-0.15, -0.1) is 0 Å². The molecule has 100 valence electrons. The maximum Gasteiger partial charge on any atom is 0.416 e. The van der Waals surface area contributed by atoms with Gasteiger partial charge in [-0.05, 0) is 30.3 Å². The van der Waals surface area contributed by atoms with Crippen molar-refractivity contribution in [1.29, 1.82) is 0 Å². The van der Waals surface area contributed by atoms with Crippen molar-refractivity contribution >= 4 is 12.2 Å². The zero-order valence-electron chi connectivity index (χ0n) is 9.18. The molecule has 1 aromatic heterocycles. The van der Waals surface area contributed by atoms with Gasteiger partial charge in [-0.25, -0.2) is 8.78 Å². The van der Waals surface area contributed by atoms with E-state index < -0.39 is 23.4 Å². The number of H-pyrrole nitrogens is 1. The summed E-state index contributed by atoms with van der Waals surface area (Å²) < 4.78 is 64.2. The fourth-order valence-corrected chi connectivity index (χ4v) is 1.79. The Balaban J connectivity index is 2.66. The van der Waals surface area contributed by atoms with Crippen LogP contribution in [0.5, 0.6) is 0 Å². The first kappa shape index (κ1) is 13.7. The first-order chi connectivity index (χ1) is 8.77. The van der Waals surface area contributed by atoms with Crippen LogP contribution in [0.1, 0.15) is 5.56 Å². The first-order valence-corrected chi connectivity index (χ1v) is 5.45. The number of halogens is 5. The zero-order valence-corrected chi connectivity index (χ0v) is 10.0. The van der Waals surface area contributed by atoms with Crippen molar-refractivity contribution < 1.29 is 22.0 Å². The fourth-order valence-electron chi connectivity index (χ4n) is 1.56. The van der Waals surface area contributed by atoms with Crippen molar-refractivity contribution in [2.24, 2.45) is 0 Å². The van der Waals surface area contributed by atoms with Crippen molar-refractivity contribution in [3.63, 3.8) is 0 Å². The van der Waals surface area contributed by atoms with Crippen LogP contribution in [-0.4, -0.2) is 4.98 Å². The van der Waals surface area contributed by atoms with Gasteiger partial charge in [-0.3, -0.25) is 0 Å². The summed E-state index contributed by atoms with van der Waals surface area (Å²) in [6, 6.07) is 3.92. The molecule has 19 heavy (non-hydrogen) atoms. The predicted octanol–water partition coefficient (Wildman–Crippen LogP) is 4.71. The molecule has 0 saturated heterocycles. The van der Waals surface area contributed by atoms with E-state index in [2.05, 4.69) is 17.2 Å². The Morgan fingerprint density at radius 3 is 2.32 bits per heavy atom. The third kappa shape index (κ3) is 2.98. The second-order valence-electron chi connectivity index (χ2n) is 3.77. The molecular weight excluding hydrogens is 285 g/mol. The molecule has 0 unspecified atom stereocenters. The van der Waals surface area contributed by atoms with Crippen molar-refractivity contribution in [2.45, 2.75) is 6.18 Å².